The van der Waals surface area contributed by atoms with E-state index in [1.165, 1.54) is 16.9 Å². The highest BCUT2D eigenvalue weighted by Gasteiger charge is 2.25. The van der Waals surface area contributed by atoms with Crippen LogP contribution in [-0.2, 0) is 4.79 Å². The van der Waals surface area contributed by atoms with Gasteiger partial charge in [0.1, 0.15) is 0 Å². The minimum atomic E-state index is -0.440. The lowest BCUT2D eigenvalue weighted by Crippen LogP contribution is -2.22. The van der Waals surface area contributed by atoms with Crippen molar-refractivity contribution in [3.8, 4) is 32.8 Å². The molecule has 0 aliphatic carbocycles. The first-order valence-electron chi connectivity index (χ1n) is 12.9. The molecule has 5 aromatic carbocycles. The van der Waals surface area contributed by atoms with Crippen molar-refractivity contribution in [3.05, 3.63) is 157 Å². The fourth-order valence-electron chi connectivity index (χ4n) is 4.77. The second-order valence-electron chi connectivity index (χ2n) is 9.25. The Morgan fingerprint density at radius 3 is 1.51 bits per heavy atom. The molecule has 0 saturated heterocycles. The topological polar surface area (TPSA) is 42.0 Å². The molecule has 188 valence electrons. The molecule has 6 rings (SSSR count). The summed E-state index contributed by atoms with van der Waals surface area (Å²) in [7, 11) is 0. The average molecular weight is 523 g/mol. The summed E-state index contributed by atoms with van der Waals surface area (Å²) >= 11 is 1.50. The van der Waals surface area contributed by atoms with E-state index in [2.05, 4.69) is 53.8 Å². The lowest BCUT2D eigenvalue weighted by molar-refractivity contribution is -0.116. The quantitative estimate of drug-likeness (QED) is 0.227. The number of nitrogens with zero attached hydrogens (tertiary/aromatic N) is 1. The number of aromatic nitrogens is 1. The molecule has 1 amide bonds. The zero-order chi connectivity index (χ0) is 26.4. The molecule has 0 fully saturated rings. The third kappa shape index (κ3) is 5.42. The maximum atomic E-state index is 13.8. The molecule has 39 heavy (non-hydrogen) atoms. The van der Waals surface area contributed by atoms with Gasteiger partial charge in [0.05, 0.1) is 16.5 Å². The summed E-state index contributed by atoms with van der Waals surface area (Å²) in [5.74, 6) is -0.545. The first-order valence-corrected chi connectivity index (χ1v) is 13.7. The van der Waals surface area contributed by atoms with E-state index in [1.807, 2.05) is 97.1 Å². The largest absolute Gasteiger partial charge is 0.301 e. The molecule has 0 bridgehead atoms. The van der Waals surface area contributed by atoms with Crippen molar-refractivity contribution in [2.75, 3.05) is 5.32 Å². The minimum Gasteiger partial charge on any atom is -0.301 e. The fraction of sp³-hybridized carbons (Fsp3) is 0.0286. The Labute approximate surface area is 232 Å². The number of amides is 1. The van der Waals surface area contributed by atoms with Crippen LogP contribution in [0.1, 0.15) is 17.0 Å². The van der Waals surface area contributed by atoms with Crippen molar-refractivity contribution in [3.63, 3.8) is 0 Å². The third-order valence-electron chi connectivity index (χ3n) is 6.69. The maximum Gasteiger partial charge on any atom is 0.238 e. The van der Waals surface area contributed by atoms with E-state index in [0.29, 0.717) is 5.13 Å². The summed E-state index contributed by atoms with van der Waals surface area (Å²) in [6.07, 6.45) is 0. The summed E-state index contributed by atoms with van der Waals surface area (Å²) in [5, 5.41) is 3.73. The van der Waals surface area contributed by atoms with Crippen LogP contribution in [0.15, 0.2) is 146 Å². The van der Waals surface area contributed by atoms with Gasteiger partial charge in [-0.3, -0.25) is 4.79 Å². The van der Waals surface area contributed by atoms with Gasteiger partial charge >= 0.3 is 0 Å². The average Bonchev–Trinajstić information content (AvgIpc) is 3.43. The second kappa shape index (κ2) is 11.3. The standard InChI is InChI=1S/C35H26N2OS/c38-34(31(27-15-7-2-8-16-27)28-17-9-3-10-18-28)37-35-36-32(29-19-11-4-12-20-29)33(39-35)30-23-21-26(22-24-30)25-13-5-1-6-14-25/h1-24,31H,(H,36,37,38). The van der Waals surface area contributed by atoms with E-state index < -0.39 is 5.92 Å². The number of hydrogen-bond acceptors (Lipinski definition) is 3. The summed E-state index contributed by atoms with van der Waals surface area (Å²) in [6.45, 7) is 0. The second-order valence-corrected chi connectivity index (χ2v) is 10.2. The number of rotatable bonds is 7. The zero-order valence-electron chi connectivity index (χ0n) is 21.2. The van der Waals surface area contributed by atoms with E-state index in [4.69, 9.17) is 4.98 Å². The molecule has 6 aromatic rings. The van der Waals surface area contributed by atoms with Gasteiger partial charge in [-0.05, 0) is 27.8 Å². The molecule has 0 aliphatic heterocycles. The van der Waals surface area contributed by atoms with Crippen LogP contribution in [0.5, 0.6) is 0 Å². The molecule has 3 nitrogen and oxygen atoms in total. The minimum absolute atomic E-state index is 0.105. The predicted octanol–water partition coefficient (Wildman–Crippen LogP) is 8.91. The highest BCUT2D eigenvalue weighted by molar-refractivity contribution is 7.19. The highest BCUT2D eigenvalue weighted by Crippen LogP contribution is 2.40. The lowest BCUT2D eigenvalue weighted by Gasteiger charge is -2.17. The SMILES string of the molecule is O=C(Nc1nc(-c2ccccc2)c(-c2ccc(-c3ccccc3)cc2)s1)C(c1ccccc1)c1ccccc1. The van der Waals surface area contributed by atoms with Crippen LogP contribution in [0, 0.1) is 0 Å². The van der Waals surface area contributed by atoms with Crippen molar-refractivity contribution < 1.29 is 4.79 Å². The van der Waals surface area contributed by atoms with E-state index in [1.54, 1.807) is 0 Å². The predicted molar refractivity (Wildman–Crippen MR) is 162 cm³/mol. The number of nitrogens with one attached hydrogen (secondary N) is 1. The Hall–Kier alpha value is -4.80. The van der Waals surface area contributed by atoms with Crippen LogP contribution in [0.2, 0.25) is 0 Å². The maximum absolute atomic E-state index is 13.8. The highest BCUT2D eigenvalue weighted by atomic mass is 32.1. The normalized spacial score (nSPS) is 10.9. The number of hydrogen-bond donors (Lipinski definition) is 1. The van der Waals surface area contributed by atoms with Gasteiger partial charge in [0.2, 0.25) is 5.91 Å². The zero-order valence-corrected chi connectivity index (χ0v) is 22.0. The molecule has 1 N–H and O–H groups in total. The van der Waals surface area contributed by atoms with Gasteiger partial charge in [0.25, 0.3) is 0 Å². The monoisotopic (exact) mass is 522 g/mol. The number of anilines is 1. The van der Waals surface area contributed by atoms with Gasteiger partial charge < -0.3 is 5.32 Å². The Balaban J connectivity index is 1.36. The van der Waals surface area contributed by atoms with Crippen molar-refractivity contribution >= 4 is 22.4 Å². The molecule has 0 aliphatic rings. The number of thiazole rings is 1. The van der Waals surface area contributed by atoms with Gasteiger partial charge in [0, 0.05) is 5.56 Å². The van der Waals surface area contributed by atoms with E-state index in [9.17, 15) is 4.79 Å². The molecular formula is C35H26N2OS. The Morgan fingerprint density at radius 2 is 0.974 bits per heavy atom. The molecule has 0 radical (unpaired) electrons. The summed E-state index contributed by atoms with van der Waals surface area (Å²) in [5.41, 5.74) is 7.16. The van der Waals surface area contributed by atoms with Gasteiger partial charge in [-0.25, -0.2) is 4.98 Å². The van der Waals surface area contributed by atoms with Crippen LogP contribution in [-0.4, -0.2) is 10.9 Å². The van der Waals surface area contributed by atoms with E-state index in [0.717, 1.165) is 38.4 Å². The van der Waals surface area contributed by atoms with Gasteiger partial charge in [0.15, 0.2) is 5.13 Å². The first-order chi connectivity index (χ1) is 19.3. The van der Waals surface area contributed by atoms with Gasteiger partial charge in [-0.2, -0.15) is 0 Å². The third-order valence-corrected chi connectivity index (χ3v) is 7.71. The number of benzene rings is 5. The summed E-state index contributed by atoms with van der Waals surface area (Å²) in [4.78, 5) is 19.7. The molecule has 1 heterocycles. The van der Waals surface area contributed by atoms with Crippen molar-refractivity contribution in [2.45, 2.75) is 5.92 Å². The van der Waals surface area contributed by atoms with Gasteiger partial charge in [-0.15, -0.1) is 0 Å². The Kier molecular flexibility index (Phi) is 7.11. The van der Waals surface area contributed by atoms with Gasteiger partial charge in [-0.1, -0.05) is 157 Å². The van der Waals surface area contributed by atoms with Crippen LogP contribution in [0.3, 0.4) is 0 Å². The molecule has 0 atom stereocenters. The Bertz CT molecular complexity index is 1620. The lowest BCUT2D eigenvalue weighted by atomic mass is 9.90. The molecular weight excluding hydrogens is 496 g/mol. The van der Waals surface area contributed by atoms with Crippen LogP contribution >= 0.6 is 11.3 Å². The number of carbonyl (C=O) groups excluding carboxylic acids is 1. The molecule has 0 spiro atoms. The summed E-state index contributed by atoms with van der Waals surface area (Å²) < 4.78 is 0. The summed E-state index contributed by atoms with van der Waals surface area (Å²) in [6, 6.07) is 48.8. The fourth-order valence-corrected chi connectivity index (χ4v) is 5.77. The van der Waals surface area contributed by atoms with E-state index >= 15 is 0 Å². The smallest absolute Gasteiger partial charge is 0.238 e. The van der Waals surface area contributed by atoms with Crippen LogP contribution in [0.4, 0.5) is 5.13 Å². The molecule has 0 saturated carbocycles. The van der Waals surface area contributed by atoms with Crippen molar-refractivity contribution in [1.82, 2.24) is 4.98 Å². The number of carbonyl (C=O) groups is 1. The van der Waals surface area contributed by atoms with Crippen LogP contribution in [0.25, 0.3) is 32.8 Å². The molecule has 0 unspecified atom stereocenters. The molecule has 4 heteroatoms. The van der Waals surface area contributed by atoms with Crippen molar-refractivity contribution in [1.29, 1.82) is 0 Å². The van der Waals surface area contributed by atoms with Crippen molar-refractivity contribution in [2.24, 2.45) is 0 Å². The molecule has 1 aromatic heterocycles. The van der Waals surface area contributed by atoms with E-state index in [-0.39, 0.29) is 5.91 Å². The Morgan fingerprint density at radius 1 is 0.538 bits per heavy atom. The first kappa shape index (κ1) is 24.5. The van der Waals surface area contributed by atoms with Crippen LogP contribution < -0.4 is 5.32 Å².